The van der Waals surface area contributed by atoms with Crippen molar-refractivity contribution in [3.63, 3.8) is 0 Å². The predicted octanol–water partition coefficient (Wildman–Crippen LogP) is 4.47. The van der Waals surface area contributed by atoms with Crippen LogP contribution in [0.5, 0.6) is 5.75 Å². The first kappa shape index (κ1) is 15.7. The first-order valence-corrected chi connectivity index (χ1v) is 8.06. The zero-order chi connectivity index (χ0) is 15.2. The van der Waals surface area contributed by atoms with Gasteiger partial charge in [0.1, 0.15) is 5.75 Å². The Hall–Kier alpha value is -1.65. The van der Waals surface area contributed by atoms with Crippen molar-refractivity contribution in [3.05, 3.63) is 53.6 Å². The molecule has 1 unspecified atom stereocenters. The van der Waals surface area contributed by atoms with Gasteiger partial charge >= 0.3 is 0 Å². The van der Waals surface area contributed by atoms with Crippen LogP contribution in [0.4, 0.5) is 5.69 Å². The largest absolute Gasteiger partial charge is 0.481 e. The van der Waals surface area contributed by atoms with Gasteiger partial charge in [0.15, 0.2) is 6.10 Å². The number of rotatable bonds is 5. The van der Waals surface area contributed by atoms with Crippen molar-refractivity contribution < 1.29 is 9.53 Å². The summed E-state index contributed by atoms with van der Waals surface area (Å²) in [5.41, 5.74) is 0.762. The number of anilines is 1. The Morgan fingerprint density at radius 1 is 1.24 bits per heavy atom. The van der Waals surface area contributed by atoms with Gasteiger partial charge in [-0.05, 0) is 55.6 Å². The number of amides is 1. The van der Waals surface area contributed by atoms with Crippen LogP contribution in [0.1, 0.15) is 6.92 Å². The van der Waals surface area contributed by atoms with E-state index < -0.39 is 6.10 Å². The Labute approximate surface area is 133 Å². The Morgan fingerprint density at radius 3 is 2.62 bits per heavy atom. The van der Waals surface area contributed by atoms with Crippen LogP contribution in [0.3, 0.4) is 0 Å². The lowest BCUT2D eigenvalue weighted by Gasteiger charge is -2.15. The maximum absolute atomic E-state index is 12.1. The number of carbonyl (C=O) groups excluding carboxylic acids is 1. The van der Waals surface area contributed by atoms with Crippen LogP contribution in [0.2, 0.25) is 5.02 Å². The average Bonchev–Trinajstić information content (AvgIpc) is 2.49. The fraction of sp³-hybridized carbons (Fsp3) is 0.188. The standard InChI is InChI=1S/C16H16ClNO2S/c1-11(20-14-8-6-12(17)7-9-14)16(19)18-13-4-3-5-15(10-13)21-2/h3-11H,1-2H3,(H,18,19). The number of hydrogen-bond acceptors (Lipinski definition) is 3. The molecule has 0 heterocycles. The van der Waals surface area contributed by atoms with E-state index in [2.05, 4.69) is 5.32 Å². The molecular weight excluding hydrogens is 306 g/mol. The summed E-state index contributed by atoms with van der Waals surface area (Å²) >= 11 is 7.44. The summed E-state index contributed by atoms with van der Waals surface area (Å²) in [6.07, 6.45) is 1.40. The molecule has 2 rings (SSSR count). The zero-order valence-corrected chi connectivity index (χ0v) is 13.4. The van der Waals surface area contributed by atoms with E-state index in [-0.39, 0.29) is 5.91 Å². The zero-order valence-electron chi connectivity index (χ0n) is 11.8. The number of thioether (sulfide) groups is 1. The molecule has 5 heteroatoms. The van der Waals surface area contributed by atoms with Crippen molar-refractivity contribution in [1.29, 1.82) is 0 Å². The molecule has 1 N–H and O–H groups in total. The fourth-order valence-corrected chi connectivity index (χ4v) is 2.30. The van der Waals surface area contributed by atoms with Crippen LogP contribution in [-0.2, 0) is 4.79 Å². The van der Waals surface area contributed by atoms with Crippen LogP contribution in [0.15, 0.2) is 53.4 Å². The minimum atomic E-state index is -0.593. The SMILES string of the molecule is CSc1cccc(NC(=O)C(C)Oc2ccc(Cl)cc2)c1. The number of benzene rings is 2. The highest BCUT2D eigenvalue weighted by Crippen LogP contribution is 2.20. The first-order chi connectivity index (χ1) is 10.1. The third kappa shape index (κ3) is 4.69. The van der Waals surface area contributed by atoms with Gasteiger partial charge in [-0.3, -0.25) is 4.79 Å². The second kappa shape index (κ2) is 7.38. The Balaban J connectivity index is 1.97. The van der Waals surface area contributed by atoms with Crippen molar-refractivity contribution in [1.82, 2.24) is 0 Å². The fourth-order valence-electron chi connectivity index (χ4n) is 1.72. The van der Waals surface area contributed by atoms with Gasteiger partial charge in [0.25, 0.3) is 5.91 Å². The summed E-state index contributed by atoms with van der Waals surface area (Å²) in [5.74, 6) is 0.420. The van der Waals surface area contributed by atoms with Gasteiger partial charge in [0, 0.05) is 15.6 Å². The van der Waals surface area contributed by atoms with E-state index in [0.29, 0.717) is 10.8 Å². The van der Waals surface area contributed by atoms with E-state index in [1.165, 1.54) is 0 Å². The summed E-state index contributed by atoms with van der Waals surface area (Å²) in [5, 5.41) is 3.48. The van der Waals surface area contributed by atoms with Crippen LogP contribution in [0, 0.1) is 0 Å². The molecule has 1 amide bonds. The van der Waals surface area contributed by atoms with Crippen LogP contribution in [0.25, 0.3) is 0 Å². The lowest BCUT2D eigenvalue weighted by molar-refractivity contribution is -0.122. The van der Waals surface area contributed by atoms with Crippen molar-refractivity contribution in [2.45, 2.75) is 17.9 Å². The Morgan fingerprint density at radius 2 is 1.95 bits per heavy atom. The van der Waals surface area contributed by atoms with Crippen LogP contribution < -0.4 is 10.1 Å². The Bertz CT molecular complexity index is 616. The molecule has 3 nitrogen and oxygen atoms in total. The number of nitrogens with one attached hydrogen (secondary N) is 1. The quantitative estimate of drug-likeness (QED) is 0.826. The van der Waals surface area contributed by atoms with Crippen molar-refractivity contribution in [2.75, 3.05) is 11.6 Å². The highest BCUT2D eigenvalue weighted by Gasteiger charge is 2.15. The maximum Gasteiger partial charge on any atom is 0.265 e. The predicted molar refractivity (Wildman–Crippen MR) is 88.4 cm³/mol. The normalized spacial score (nSPS) is 11.8. The van der Waals surface area contributed by atoms with E-state index in [0.717, 1.165) is 10.6 Å². The second-order valence-corrected chi connectivity index (χ2v) is 5.75. The third-order valence-corrected chi connectivity index (χ3v) is 3.81. The molecule has 1 atom stereocenters. The van der Waals surface area contributed by atoms with E-state index in [9.17, 15) is 4.79 Å². The van der Waals surface area contributed by atoms with Crippen molar-refractivity contribution in [2.24, 2.45) is 0 Å². The minimum absolute atomic E-state index is 0.191. The Kier molecular flexibility index (Phi) is 5.53. The molecule has 0 aliphatic rings. The first-order valence-electron chi connectivity index (χ1n) is 6.45. The molecule has 0 saturated carbocycles. The van der Waals surface area contributed by atoms with Crippen molar-refractivity contribution >= 4 is 35.0 Å². The van der Waals surface area contributed by atoms with E-state index >= 15 is 0 Å². The van der Waals surface area contributed by atoms with Gasteiger partial charge in [-0.1, -0.05) is 17.7 Å². The average molecular weight is 322 g/mol. The molecule has 0 aliphatic heterocycles. The molecular formula is C16H16ClNO2S. The van der Waals surface area contributed by atoms with Gasteiger partial charge in [0.05, 0.1) is 0 Å². The van der Waals surface area contributed by atoms with Gasteiger partial charge in [-0.25, -0.2) is 0 Å². The molecule has 110 valence electrons. The second-order valence-electron chi connectivity index (χ2n) is 4.44. The number of halogens is 1. The summed E-state index contributed by atoms with van der Waals surface area (Å²) in [6, 6.07) is 14.6. The lowest BCUT2D eigenvalue weighted by atomic mass is 10.3. The summed E-state index contributed by atoms with van der Waals surface area (Å²) in [6.45, 7) is 1.71. The summed E-state index contributed by atoms with van der Waals surface area (Å²) in [7, 11) is 0. The monoisotopic (exact) mass is 321 g/mol. The summed E-state index contributed by atoms with van der Waals surface area (Å²) < 4.78 is 5.58. The molecule has 0 saturated heterocycles. The molecule has 0 bridgehead atoms. The molecule has 0 aromatic heterocycles. The number of ether oxygens (including phenoxy) is 1. The number of hydrogen-bond donors (Lipinski definition) is 1. The van der Waals surface area contributed by atoms with Gasteiger partial charge in [0.2, 0.25) is 0 Å². The third-order valence-electron chi connectivity index (χ3n) is 2.83. The minimum Gasteiger partial charge on any atom is -0.481 e. The van der Waals surface area contributed by atoms with Gasteiger partial charge in [-0.2, -0.15) is 0 Å². The van der Waals surface area contributed by atoms with Gasteiger partial charge in [-0.15, -0.1) is 11.8 Å². The van der Waals surface area contributed by atoms with Crippen LogP contribution in [-0.4, -0.2) is 18.3 Å². The van der Waals surface area contributed by atoms with E-state index in [1.807, 2.05) is 30.5 Å². The molecule has 0 aliphatic carbocycles. The lowest BCUT2D eigenvalue weighted by Crippen LogP contribution is -2.30. The number of carbonyl (C=O) groups is 1. The highest BCUT2D eigenvalue weighted by molar-refractivity contribution is 7.98. The topological polar surface area (TPSA) is 38.3 Å². The summed E-state index contributed by atoms with van der Waals surface area (Å²) in [4.78, 5) is 13.2. The molecule has 0 radical (unpaired) electrons. The van der Waals surface area contributed by atoms with Crippen LogP contribution >= 0.6 is 23.4 Å². The van der Waals surface area contributed by atoms with E-state index in [4.69, 9.17) is 16.3 Å². The maximum atomic E-state index is 12.1. The highest BCUT2D eigenvalue weighted by atomic mass is 35.5. The van der Waals surface area contributed by atoms with E-state index in [1.54, 1.807) is 43.0 Å². The van der Waals surface area contributed by atoms with Crippen molar-refractivity contribution in [3.8, 4) is 5.75 Å². The van der Waals surface area contributed by atoms with Gasteiger partial charge < -0.3 is 10.1 Å². The molecule has 0 spiro atoms. The smallest absolute Gasteiger partial charge is 0.265 e. The molecule has 0 fully saturated rings. The molecule has 2 aromatic carbocycles. The molecule has 21 heavy (non-hydrogen) atoms. The molecule has 2 aromatic rings.